The number of nitrogens with zero attached hydrogens (tertiary/aromatic N) is 2. The van der Waals surface area contributed by atoms with E-state index < -0.39 is 6.10 Å². The van der Waals surface area contributed by atoms with Crippen molar-refractivity contribution in [3.63, 3.8) is 0 Å². The average Bonchev–Trinajstić information content (AvgIpc) is 3.43. The van der Waals surface area contributed by atoms with E-state index in [0.717, 1.165) is 19.3 Å². The second-order valence-corrected chi connectivity index (χ2v) is 6.70. The summed E-state index contributed by atoms with van der Waals surface area (Å²) in [7, 11) is 0. The van der Waals surface area contributed by atoms with Gasteiger partial charge in [0.05, 0.1) is 17.0 Å². The van der Waals surface area contributed by atoms with E-state index in [-0.39, 0.29) is 30.5 Å². The highest BCUT2D eigenvalue weighted by Gasteiger charge is 2.28. The van der Waals surface area contributed by atoms with Crippen LogP contribution in [0.2, 0.25) is 0 Å². The zero-order valence-corrected chi connectivity index (χ0v) is 14.6. The van der Waals surface area contributed by atoms with Gasteiger partial charge in [-0.3, -0.25) is 14.2 Å². The molecule has 25 heavy (non-hydrogen) atoms. The van der Waals surface area contributed by atoms with E-state index in [0.29, 0.717) is 29.6 Å². The van der Waals surface area contributed by atoms with Gasteiger partial charge in [0.15, 0.2) is 0 Å². The van der Waals surface area contributed by atoms with Crippen LogP contribution in [-0.4, -0.2) is 33.2 Å². The SMILES string of the molecule is CCCC(O)CNC(=O)CCc1nc2ccccc2c(=O)n1C1CC1. The number of fused-ring (bicyclic) bond motifs is 1. The Hall–Kier alpha value is -2.21. The van der Waals surface area contributed by atoms with Gasteiger partial charge in [0, 0.05) is 25.4 Å². The van der Waals surface area contributed by atoms with Crippen LogP contribution in [0.25, 0.3) is 10.9 Å². The fourth-order valence-electron chi connectivity index (χ4n) is 3.06. The molecule has 1 amide bonds. The summed E-state index contributed by atoms with van der Waals surface area (Å²) < 4.78 is 1.77. The van der Waals surface area contributed by atoms with Crippen molar-refractivity contribution >= 4 is 16.8 Å². The molecule has 0 saturated heterocycles. The molecule has 0 spiro atoms. The summed E-state index contributed by atoms with van der Waals surface area (Å²) in [4.78, 5) is 29.4. The molecule has 1 saturated carbocycles. The van der Waals surface area contributed by atoms with E-state index in [1.54, 1.807) is 10.6 Å². The van der Waals surface area contributed by atoms with Crippen molar-refractivity contribution in [2.45, 2.75) is 57.6 Å². The molecular formula is C19H25N3O3. The number of aliphatic hydroxyl groups excluding tert-OH is 1. The monoisotopic (exact) mass is 343 g/mol. The number of amides is 1. The number of aromatic nitrogens is 2. The molecule has 6 nitrogen and oxygen atoms in total. The predicted octanol–water partition coefficient (Wildman–Crippen LogP) is 1.94. The van der Waals surface area contributed by atoms with Crippen molar-refractivity contribution in [3.05, 3.63) is 40.4 Å². The molecule has 1 unspecified atom stereocenters. The number of para-hydroxylation sites is 1. The molecular weight excluding hydrogens is 318 g/mol. The molecule has 1 atom stereocenters. The molecule has 2 aromatic rings. The maximum atomic E-state index is 12.8. The maximum Gasteiger partial charge on any atom is 0.261 e. The Labute approximate surface area is 146 Å². The van der Waals surface area contributed by atoms with Crippen molar-refractivity contribution in [2.24, 2.45) is 0 Å². The average molecular weight is 343 g/mol. The number of nitrogens with one attached hydrogen (secondary N) is 1. The van der Waals surface area contributed by atoms with E-state index in [2.05, 4.69) is 10.3 Å². The quantitative estimate of drug-likeness (QED) is 0.767. The van der Waals surface area contributed by atoms with Crippen molar-refractivity contribution in [3.8, 4) is 0 Å². The summed E-state index contributed by atoms with van der Waals surface area (Å²) in [6, 6.07) is 7.56. The van der Waals surface area contributed by atoms with Crippen molar-refractivity contribution in [1.82, 2.24) is 14.9 Å². The third kappa shape index (κ3) is 4.25. The first-order valence-electron chi connectivity index (χ1n) is 9.05. The second-order valence-electron chi connectivity index (χ2n) is 6.70. The molecule has 1 heterocycles. The normalized spacial score (nSPS) is 15.3. The lowest BCUT2D eigenvalue weighted by Crippen LogP contribution is -2.32. The molecule has 1 aliphatic carbocycles. The van der Waals surface area contributed by atoms with Gasteiger partial charge >= 0.3 is 0 Å². The van der Waals surface area contributed by atoms with Gasteiger partial charge in [-0.05, 0) is 31.4 Å². The zero-order chi connectivity index (χ0) is 17.8. The molecule has 1 aliphatic rings. The van der Waals surface area contributed by atoms with Crippen LogP contribution in [0, 0.1) is 0 Å². The van der Waals surface area contributed by atoms with Gasteiger partial charge in [-0.2, -0.15) is 0 Å². The lowest BCUT2D eigenvalue weighted by molar-refractivity contribution is -0.121. The summed E-state index contributed by atoms with van der Waals surface area (Å²) in [6.45, 7) is 2.26. The summed E-state index contributed by atoms with van der Waals surface area (Å²) in [5.41, 5.74) is 0.667. The van der Waals surface area contributed by atoms with E-state index >= 15 is 0 Å². The molecule has 0 radical (unpaired) electrons. The Kier molecular flexibility index (Phi) is 5.48. The first-order valence-corrected chi connectivity index (χ1v) is 9.05. The largest absolute Gasteiger partial charge is 0.391 e. The Balaban J connectivity index is 1.72. The number of hydrogen-bond acceptors (Lipinski definition) is 4. The Morgan fingerprint density at radius 2 is 2.16 bits per heavy atom. The number of benzene rings is 1. The van der Waals surface area contributed by atoms with Gasteiger partial charge in [-0.15, -0.1) is 0 Å². The van der Waals surface area contributed by atoms with Crippen LogP contribution in [0.15, 0.2) is 29.1 Å². The van der Waals surface area contributed by atoms with Gasteiger partial charge in [-0.25, -0.2) is 4.98 Å². The lowest BCUT2D eigenvalue weighted by atomic mass is 10.2. The predicted molar refractivity (Wildman–Crippen MR) is 96.5 cm³/mol. The summed E-state index contributed by atoms with van der Waals surface area (Å²) in [5.74, 6) is 0.551. The van der Waals surface area contributed by atoms with Crippen LogP contribution >= 0.6 is 0 Å². The minimum absolute atomic E-state index is 0.0122. The minimum Gasteiger partial charge on any atom is -0.391 e. The van der Waals surface area contributed by atoms with Gasteiger partial charge in [-0.1, -0.05) is 25.5 Å². The van der Waals surface area contributed by atoms with Gasteiger partial charge in [0.1, 0.15) is 5.82 Å². The molecule has 1 aromatic carbocycles. The highest BCUT2D eigenvalue weighted by Crippen LogP contribution is 2.34. The Bertz CT molecular complexity index is 811. The second kappa shape index (κ2) is 7.78. The number of carbonyl (C=O) groups excluding carboxylic acids is 1. The van der Waals surface area contributed by atoms with Crippen LogP contribution in [0.5, 0.6) is 0 Å². The Morgan fingerprint density at radius 3 is 2.88 bits per heavy atom. The van der Waals surface area contributed by atoms with E-state index in [4.69, 9.17) is 0 Å². The highest BCUT2D eigenvalue weighted by atomic mass is 16.3. The number of rotatable bonds is 8. The van der Waals surface area contributed by atoms with Crippen LogP contribution < -0.4 is 10.9 Å². The van der Waals surface area contributed by atoms with Gasteiger partial charge < -0.3 is 10.4 Å². The van der Waals surface area contributed by atoms with E-state index in [9.17, 15) is 14.7 Å². The molecule has 134 valence electrons. The smallest absolute Gasteiger partial charge is 0.261 e. The van der Waals surface area contributed by atoms with Crippen molar-refractivity contribution in [1.29, 1.82) is 0 Å². The summed E-state index contributed by atoms with van der Waals surface area (Å²) in [6.07, 6.45) is 3.71. The molecule has 3 rings (SSSR count). The number of carbonyl (C=O) groups is 1. The number of aliphatic hydroxyl groups is 1. The van der Waals surface area contributed by atoms with Crippen molar-refractivity contribution in [2.75, 3.05) is 6.54 Å². The topological polar surface area (TPSA) is 84.2 Å². The first kappa shape index (κ1) is 17.6. The standard InChI is InChI=1S/C19H25N3O3/c1-2-5-14(23)12-20-18(24)11-10-17-21-16-7-4-3-6-15(16)19(25)22(17)13-8-9-13/h3-4,6-7,13-14,23H,2,5,8-12H2,1H3,(H,20,24). The lowest BCUT2D eigenvalue weighted by Gasteiger charge is -2.13. The van der Waals surface area contributed by atoms with Gasteiger partial charge in [0.25, 0.3) is 5.56 Å². The van der Waals surface area contributed by atoms with Crippen LogP contribution in [0.3, 0.4) is 0 Å². The number of hydrogen-bond donors (Lipinski definition) is 2. The first-order chi connectivity index (χ1) is 12.1. The highest BCUT2D eigenvalue weighted by molar-refractivity contribution is 5.78. The molecule has 6 heteroatoms. The summed E-state index contributed by atoms with van der Waals surface area (Å²) in [5, 5.41) is 13.1. The molecule has 0 aliphatic heterocycles. The fraction of sp³-hybridized carbons (Fsp3) is 0.526. The molecule has 0 bridgehead atoms. The van der Waals surface area contributed by atoms with Gasteiger partial charge in [0.2, 0.25) is 5.91 Å². The Morgan fingerprint density at radius 1 is 1.40 bits per heavy atom. The van der Waals surface area contributed by atoms with E-state index in [1.165, 1.54) is 0 Å². The fourth-order valence-corrected chi connectivity index (χ4v) is 3.06. The van der Waals surface area contributed by atoms with Crippen LogP contribution in [0.1, 0.15) is 50.9 Å². The molecule has 1 aromatic heterocycles. The summed E-state index contributed by atoms with van der Waals surface area (Å²) >= 11 is 0. The zero-order valence-electron chi connectivity index (χ0n) is 14.6. The maximum absolute atomic E-state index is 12.8. The van der Waals surface area contributed by atoms with Crippen molar-refractivity contribution < 1.29 is 9.90 Å². The molecule has 1 fully saturated rings. The van der Waals surface area contributed by atoms with Crippen LogP contribution in [0.4, 0.5) is 0 Å². The van der Waals surface area contributed by atoms with Crippen LogP contribution in [-0.2, 0) is 11.2 Å². The third-order valence-corrected chi connectivity index (χ3v) is 4.53. The molecule has 2 N–H and O–H groups in total. The number of aryl methyl sites for hydroxylation is 1. The third-order valence-electron chi connectivity index (χ3n) is 4.53. The van der Waals surface area contributed by atoms with E-state index in [1.807, 2.05) is 25.1 Å². The minimum atomic E-state index is -0.502.